The molecule has 2 rings (SSSR count). The summed E-state index contributed by atoms with van der Waals surface area (Å²) in [4.78, 5) is 16.8. The van der Waals surface area contributed by atoms with Crippen LogP contribution in [0.4, 0.5) is 0 Å². The van der Waals surface area contributed by atoms with Gasteiger partial charge in [0.25, 0.3) is 5.91 Å². The zero-order valence-corrected chi connectivity index (χ0v) is 14.1. The second-order valence-corrected chi connectivity index (χ2v) is 6.37. The molecule has 1 fully saturated rings. The maximum atomic E-state index is 12.5. The summed E-state index contributed by atoms with van der Waals surface area (Å²) in [6.45, 7) is 6.45. The van der Waals surface area contributed by atoms with Crippen molar-refractivity contribution in [3.8, 4) is 0 Å². The fourth-order valence-electron chi connectivity index (χ4n) is 2.48. The van der Waals surface area contributed by atoms with Gasteiger partial charge in [-0.1, -0.05) is 15.9 Å². The van der Waals surface area contributed by atoms with E-state index in [4.69, 9.17) is 11.6 Å². The second-order valence-electron chi connectivity index (χ2n) is 5.14. The molecule has 1 heterocycles. The standard InChI is InChI=1S/C15H20BrClN2O/c1-12-11-13(3-4-14(12)16)15(20)19-7-2-6-18(8-5-17)9-10-19/h3-4,11H,2,5-10H2,1H3. The van der Waals surface area contributed by atoms with E-state index in [1.165, 1.54) is 0 Å². The quantitative estimate of drug-likeness (QED) is 0.774. The Morgan fingerprint density at radius 1 is 1.30 bits per heavy atom. The average molecular weight is 360 g/mol. The van der Waals surface area contributed by atoms with E-state index < -0.39 is 0 Å². The van der Waals surface area contributed by atoms with Crippen LogP contribution in [0.3, 0.4) is 0 Å². The lowest BCUT2D eigenvalue weighted by Crippen LogP contribution is -2.35. The van der Waals surface area contributed by atoms with Gasteiger partial charge in [-0.15, -0.1) is 11.6 Å². The predicted octanol–water partition coefficient (Wildman–Crippen LogP) is 3.14. The van der Waals surface area contributed by atoms with Gasteiger partial charge >= 0.3 is 0 Å². The maximum absolute atomic E-state index is 12.5. The van der Waals surface area contributed by atoms with Crippen LogP contribution in [-0.4, -0.2) is 54.3 Å². The van der Waals surface area contributed by atoms with Crippen molar-refractivity contribution >= 4 is 33.4 Å². The van der Waals surface area contributed by atoms with E-state index >= 15 is 0 Å². The molecule has 0 unspecified atom stereocenters. The first kappa shape index (κ1) is 15.8. The topological polar surface area (TPSA) is 23.6 Å². The molecule has 3 nitrogen and oxygen atoms in total. The Kier molecular flexibility index (Phi) is 5.87. The minimum absolute atomic E-state index is 0.133. The second kappa shape index (κ2) is 7.43. The number of halogens is 2. The maximum Gasteiger partial charge on any atom is 0.253 e. The van der Waals surface area contributed by atoms with Gasteiger partial charge in [0.05, 0.1) is 0 Å². The van der Waals surface area contributed by atoms with Crippen molar-refractivity contribution in [1.29, 1.82) is 0 Å². The molecule has 20 heavy (non-hydrogen) atoms. The van der Waals surface area contributed by atoms with E-state index in [9.17, 15) is 4.79 Å². The van der Waals surface area contributed by atoms with Crippen LogP contribution in [0, 0.1) is 6.92 Å². The third-order valence-electron chi connectivity index (χ3n) is 3.68. The number of carbonyl (C=O) groups is 1. The zero-order chi connectivity index (χ0) is 14.5. The molecule has 5 heteroatoms. The summed E-state index contributed by atoms with van der Waals surface area (Å²) >= 11 is 9.26. The molecule has 0 bridgehead atoms. The lowest BCUT2D eigenvalue weighted by molar-refractivity contribution is 0.0761. The molecule has 1 amide bonds. The van der Waals surface area contributed by atoms with Gasteiger partial charge in [-0.25, -0.2) is 0 Å². The number of alkyl halides is 1. The van der Waals surface area contributed by atoms with E-state index in [2.05, 4.69) is 20.8 Å². The van der Waals surface area contributed by atoms with Crippen LogP contribution in [0.25, 0.3) is 0 Å². The molecule has 1 aromatic carbocycles. The minimum Gasteiger partial charge on any atom is -0.337 e. The Balaban J connectivity index is 2.03. The van der Waals surface area contributed by atoms with Gasteiger partial charge in [0.1, 0.15) is 0 Å². The van der Waals surface area contributed by atoms with Crippen molar-refractivity contribution in [3.63, 3.8) is 0 Å². The molecule has 1 aliphatic rings. The highest BCUT2D eigenvalue weighted by atomic mass is 79.9. The van der Waals surface area contributed by atoms with E-state index in [1.807, 2.05) is 30.0 Å². The first-order valence-corrected chi connectivity index (χ1v) is 8.28. The molecule has 0 radical (unpaired) electrons. The van der Waals surface area contributed by atoms with Gasteiger partial charge in [0.2, 0.25) is 0 Å². The van der Waals surface area contributed by atoms with Gasteiger partial charge in [-0.3, -0.25) is 4.79 Å². The fourth-order valence-corrected chi connectivity index (χ4v) is 2.96. The highest BCUT2D eigenvalue weighted by Crippen LogP contribution is 2.18. The lowest BCUT2D eigenvalue weighted by Gasteiger charge is -2.21. The molecular formula is C15H20BrClN2O. The summed E-state index contributed by atoms with van der Waals surface area (Å²) in [5, 5.41) is 0. The molecule has 0 saturated carbocycles. The summed E-state index contributed by atoms with van der Waals surface area (Å²) in [6, 6.07) is 5.79. The van der Waals surface area contributed by atoms with E-state index in [0.29, 0.717) is 5.88 Å². The molecule has 0 N–H and O–H groups in total. The fraction of sp³-hybridized carbons (Fsp3) is 0.533. The number of carbonyl (C=O) groups excluding carboxylic acids is 1. The van der Waals surface area contributed by atoms with Crippen LogP contribution in [-0.2, 0) is 0 Å². The first-order valence-electron chi connectivity index (χ1n) is 6.95. The van der Waals surface area contributed by atoms with Crippen molar-refractivity contribution in [2.24, 2.45) is 0 Å². The molecule has 0 atom stereocenters. The number of hydrogen-bond donors (Lipinski definition) is 0. The Labute approximate surface area is 134 Å². The van der Waals surface area contributed by atoms with Gasteiger partial charge < -0.3 is 9.80 Å². The smallest absolute Gasteiger partial charge is 0.253 e. The largest absolute Gasteiger partial charge is 0.337 e. The lowest BCUT2D eigenvalue weighted by atomic mass is 10.1. The van der Waals surface area contributed by atoms with Crippen LogP contribution in [0.1, 0.15) is 22.3 Å². The van der Waals surface area contributed by atoms with Gasteiger partial charge in [0.15, 0.2) is 0 Å². The Morgan fingerprint density at radius 2 is 2.10 bits per heavy atom. The number of amides is 1. The highest BCUT2D eigenvalue weighted by Gasteiger charge is 2.20. The van der Waals surface area contributed by atoms with Crippen molar-refractivity contribution < 1.29 is 4.79 Å². The van der Waals surface area contributed by atoms with Crippen LogP contribution in [0.2, 0.25) is 0 Å². The van der Waals surface area contributed by atoms with Crippen molar-refractivity contribution in [2.75, 3.05) is 38.6 Å². The molecule has 1 aliphatic heterocycles. The number of nitrogens with zero attached hydrogens (tertiary/aromatic N) is 2. The Bertz CT molecular complexity index is 481. The van der Waals surface area contributed by atoms with Crippen LogP contribution in [0.5, 0.6) is 0 Å². The molecule has 1 aromatic rings. The summed E-state index contributed by atoms with van der Waals surface area (Å²) in [5.41, 5.74) is 1.87. The van der Waals surface area contributed by atoms with Crippen molar-refractivity contribution in [1.82, 2.24) is 9.80 Å². The molecule has 0 aliphatic carbocycles. The number of aryl methyl sites for hydroxylation is 1. The average Bonchev–Trinajstić information content (AvgIpc) is 2.67. The number of rotatable bonds is 3. The van der Waals surface area contributed by atoms with Crippen molar-refractivity contribution in [2.45, 2.75) is 13.3 Å². The third kappa shape index (κ3) is 3.96. The zero-order valence-electron chi connectivity index (χ0n) is 11.7. The predicted molar refractivity (Wildman–Crippen MR) is 86.6 cm³/mol. The van der Waals surface area contributed by atoms with E-state index in [0.717, 1.165) is 54.7 Å². The number of benzene rings is 1. The molecule has 110 valence electrons. The van der Waals surface area contributed by atoms with Gasteiger partial charge in [-0.05, 0) is 43.7 Å². The SMILES string of the molecule is Cc1cc(C(=O)N2CCCN(CCCl)CC2)ccc1Br. The summed E-state index contributed by atoms with van der Waals surface area (Å²) in [6.07, 6.45) is 1.01. The molecule has 0 aromatic heterocycles. The Morgan fingerprint density at radius 3 is 2.80 bits per heavy atom. The third-order valence-corrected chi connectivity index (χ3v) is 4.74. The normalized spacial score (nSPS) is 17.1. The molecular weight excluding hydrogens is 340 g/mol. The first-order chi connectivity index (χ1) is 9.61. The van der Waals surface area contributed by atoms with Crippen LogP contribution in [0.15, 0.2) is 22.7 Å². The summed E-state index contributed by atoms with van der Waals surface area (Å²) < 4.78 is 1.04. The van der Waals surface area contributed by atoms with Gasteiger partial charge in [0, 0.05) is 42.1 Å². The van der Waals surface area contributed by atoms with Crippen molar-refractivity contribution in [3.05, 3.63) is 33.8 Å². The monoisotopic (exact) mass is 358 g/mol. The summed E-state index contributed by atoms with van der Waals surface area (Å²) in [7, 11) is 0. The summed E-state index contributed by atoms with van der Waals surface area (Å²) in [5.74, 6) is 0.785. The van der Waals surface area contributed by atoms with Gasteiger partial charge in [-0.2, -0.15) is 0 Å². The molecule has 0 spiro atoms. The van der Waals surface area contributed by atoms with Crippen LogP contribution < -0.4 is 0 Å². The van der Waals surface area contributed by atoms with Crippen LogP contribution >= 0.6 is 27.5 Å². The van der Waals surface area contributed by atoms with E-state index in [-0.39, 0.29) is 5.91 Å². The minimum atomic E-state index is 0.133. The Hall–Kier alpha value is -0.580. The van der Waals surface area contributed by atoms with E-state index in [1.54, 1.807) is 0 Å². The number of hydrogen-bond acceptors (Lipinski definition) is 2. The molecule has 1 saturated heterocycles. The highest BCUT2D eigenvalue weighted by molar-refractivity contribution is 9.10.